The molecular weight excluding hydrogens is 941 g/mol. The summed E-state index contributed by atoms with van der Waals surface area (Å²) < 4.78 is 59.5. The van der Waals surface area contributed by atoms with Gasteiger partial charge in [0, 0.05) is 11.8 Å². The zero-order valence-electron chi connectivity index (χ0n) is 42.3. The van der Waals surface area contributed by atoms with E-state index in [1.54, 1.807) is 13.0 Å². The normalized spacial score (nSPS) is 37.6. The van der Waals surface area contributed by atoms with Crippen LogP contribution in [0.1, 0.15) is 139 Å². The lowest BCUT2D eigenvalue weighted by atomic mass is 9.33. The Kier molecular flexibility index (Phi) is 14.4. The number of aliphatic hydroxyl groups is 4. The minimum Gasteiger partial charge on any atom is -0.463 e. The zero-order chi connectivity index (χ0) is 51.7. The maximum absolute atomic E-state index is 14.6. The maximum atomic E-state index is 14.6. The summed E-state index contributed by atoms with van der Waals surface area (Å²) in [7, 11) is -4.30. The monoisotopic (exact) mass is 1010 g/mol. The van der Waals surface area contributed by atoms with Gasteiger partial charge in [0.1, 0.15) is 36.6 Å². The zero-order valence-corrected chi connectivity index (χ0v) is 43.2. The molecule has 8 rings (SSSR count). The quantitative estimate of drug-likeness (QED) is 0.0768. The third kappa shape index (κ3) is 9.20. The Balaban J connectivity index is 0.882. The number of aliphatic hydroxyl groups excluding tert-OH is 4. The Labute approximate surface area is 416 Å². The number of aromatic nitrogens is 2. The summed E-state index contributed by atoms with van der Waals surface area (Å²) in [5, 5.41) is 56.4. The minimum atomic E-state index is -4.30. The van der Waals surface area contributed by atoms with Crippen molar-refractivity contribution in [1.29, 1.82) is 0 Å². The van der Waals surface area contributed by atoms with Crippen molar-refractivity contribution in [2.24, 2.45) is 50.2 Å². The van der Waals surface area contributed by atoms with Crippen LogP contribution in [0, 0.1) is 55.5 Å². The number of hydrogen-bond donors (Lipinski definition) is 4. The van der Waals surface area contributed by atoms with E-state index in [0.29, 0.717) is 25.2 Å². The van der Waals surface area contributed by atoms with Crippen molar-refractivity contribution in [2.75, 3.05) is 13.2 Å². The molecule has 1 aliphatic heterocycles. The number of allylic oxidation sites excluding steroid dienone is 2. The summed E-state index contributed by atoms with van der Waals surface area (Å²) in [6.45, 7) is 17.1. The number of sulfone groups is 1. The third-order valence-corrected chi connectivity index (χ3v) is 20.5. The fourth-order valence-electron chi connectivity index (χ4n) is 14.5. The van der Waals surface area contributed by atoms with E-state index in [-0.39, 0.29) is 80.7 Å². The first kappa shape index (κ1) is 53.2. The lowest BCUT2D eigenvalue weighted by Crippen LogP contribution is -2.65. The Hall–Kier alpha value is -4.14. The van der Waals surface area contributed by atoms with Gasteiger partial charge in [-0.25, -0.2) is 8.42 Å². The molecule has 1 aromatic carbocycles. The molecule has 5 fully saturated rings. The van der Waals surface area contributed by atoms with Crippen molar-refractivity contribution in [3.8, 4) is 5.88 Å². The lowest BCUT2D eigenvalue weighted by Gasteiger charge is -2.71. The van der Waals surface area contributed by atoms with Crippen molar-refractivity contribution in [3.05, 3.63) is 47.2 Å². The van der Waals surface area contributed by atoms with Crippen LogP contribution >= 0.6 is 0 Å². The van der Waals surface area contributed by atoms with E-state index in [9.17, 15) is 48.4 Å². The van der Waals surface area contributed by atoms with Gasteiger partial charge in [-0.3, -0.25) is 19.0 Å². The average Bonchev–Trinajstić information content (AvgIpc) is 3.69. The molecular formula is C52H74N2O16S. The highest BCUT2D eigenvalue weighted by molar-refractivity contribution is 7.91. The molecule has 18 nitrogen and oxygen atoms in total. The molecule has 0 spiro atoms. The van der Waals surface area contributed by atoms with E-state index in [1.165, 1.54) is 29.8 Å². The first-order valence-corrected chi connectivity index (χ1v) is 26.9. The fourth-order valence-corrected chi connectivity index (χ4v) is 15.8. The van der Waals surface area contributed by atoms with E-state index < -0.39 is 87.5 Å². The van der Waals surface area contributed by atoms with Gasteiger partial charge in [0.25, 0.3) is 9.84 Å². The van der Waals surface area contributed by atoms with Gasteiger partial charge in [0.05, 0.1) is 41.5 Å². The molecule has 14 atom stereocenters. The summed E-state index contributed by atoms with van der Waals surface area (Å²) in [6, 6.07) is 7.31. The summed E-state index contributed by atoms with van der Waals surface area (Å²) in [5.74, 6) is -1.64. The molecule has 0 bridgehead atoms. The van der Waals surface area contributed by atoms with Gasteiger partial charge in [-0.05, 0) is 128 Å². The van der Waals surface area contributed by atoms with Crippen molar-refractivity contribution >= 4 is 27.7 Å². The second-order valence-electron chi connectivity index (χ2n) is 23.6. The van der Waals surface area contributed by atoms with Crippen molar-refractivity contribution < 1.29 is 76.4 Å². The molecule has 0 amide bonds. The molecule has 1 aromatic heterocycles. The van der Waals surface area contributed by atoms with Crippen LogP contribution in [0.25, 0.3) is 0 Å². The van der Waals surface area contributed by atoms with Gasteiger partial charge in [-0.15, -0.1) is 0 Å². The first-order chi connectivity index (χ1) is 33.3. The number of rotatable bonds is 14. The molecule has 394 valence electrons. The predicted molar refractivity (Wildman–Crippen MR) is 251 cm³/mol. The van der Waals surface area contributed by atoms with Crippen LogP contribution in [0.5, 0.6) is 5.88 Å². The van der Waals surface area contributed by atoms with Gasteiger partial charge >= 0.3 is 28.8 Å². The number of hydrogen-bond acceptors (Lipinski definition) is 17. The first-order valence-electron chi connectivity index (χ1n) is 25.4. The van der Waals surface area contributed by atoms with Gasteiger partial charge in [-0.2, -0.15) is 0 Å². The van der Waals surface area contributed by atoms with Crippen molar-refractivity contribution in [2.45, 2.75) is 192 Å². The highest BCUT2D eigenvalue weighted by Crippen LogP contribution is 2.76. The SMILES string of the molecule is CC(CCOc1no[n+]([O-])c1S(=O)(=O)c1ccccc1)OC(=O)CCC(=O)O[C@H]1CC[C@]2(C)[C@H]3CC=C4[C@@H]5CC(C)(C)CC[C@]5(C(=O)O[C@@H]5O[C@H](CO)[C@H](O)[C@H](O)[C@H]5O)CC[C@@]4(C)[C@]3(C)CC[C@H]2C1(C)C. The van der Waals surface area contributed by atoms with Crippen LogP contribution in [0.15, 0.2) is 56.5 Å². The Morgan fingerprint density at radius 1 is 0.873 bits per heavy atom. The minimum absolute atomic E-state index is 0.0408. The summed E-state index contributed by atoms with van der Waals surface area (Å²) in [6.07, 6.45) is 1.34. The number of nitrogens with zero attached hydrogens (tertiary/aromatic N) is 2. The van der Waals surface area contributed by atoms with E-state index in [0.717, 1.165) is 44.9 Å². The molecule has 1 saturated heterocycles. The number of esters is 3. The summed E-state index contributed by atoms with van der Waals surface area (Å²) in [4.78, 5) is 40.6. The second-order valence-corrected chi connectivity index (χ2v) is 25.5. The number of fused-ring (bicyclic) bond motifs is 7. The Morgan fingerprint density at radius 2 is 1.56 bits per heavy atom. The van der Waals surface area contributed by atoms with Gasteiger partial charge in [0.15, 0.2) is 0 Å². The number of carbonyl (C=O) groups is 3. The molecule has 2 heterocycles. The summed E-state index contributed by atoms with van der Waals surface area (Å²) in [5.41, 5.74) is -0.400. The highest BCUT2D eigenvalue weighted by atomic mass is 32.2. The Morgan fingerprint density at radius 3 is 2.27 bits per heavy atom. The van der Waals surface area contributed by atoms with Crippen LogP contribution < -0.4 is 9.64 Å². The molecule has 19 heteroatoms. The van der Waals surface area contributed by atoms with Crippen LogP contribution in [-0.4, -0.2) is 108 Å². The number of carbonyl (C=O) groups excluding carboxylic acids is 3. The number of benzene rings is 1. The van der Waals surface area contributed by atoms with E-state index in [1.807, 2.05) is 0 Å². The summed E-state index contributed by atoms with van der Waals surface area (Å²) >= 11 is 0. The maximum Gasteiger partial charge on any atom is 0.414 e. The molecule has 4 N–H and O–H groups in total. The van der Waals surface area contributed by atoms with E-state index >= 15 is 0 Å². The molecule has 5 aliphatic carbocycles. The smallest absolute Gasteiger partial charge is 0.414 e. The van der Waals surface area contributed by atoms with E-state index in [2.05, 4.69) is 64.3 Å². The van der Waals surface area contributed by atoms with Gasteiger partial charge < -0.3 is 49.3 Å². The number of ether oxygens (including phenoxy) is 5. The third-order valence-electron chi connectivity index (χ3n) is 18.8. The Bertz CT molecular complexity index is 2460. The molecule has 2 aromatic rings. The molecule has 1 unspecified atom stereocenters. The van der Waals surface area contributed by atoms with Crippen LogP contribution in [0.2, 0.25) is 0 Å². The molecule has 0 radical (unpaired) electrons. The predicted octanol–water partition coefficient (Wildman–Crippen LogP) is 5.68. The fraction of sp³-hybridized carbons (Fsp3) is 0.750. The highest BCUT2D eigenvalue weighted by Gasteiger charge is 2.70. The standard InChI is InChI=1S/C52H74N2O16S/c1-30(20-27-65-43-44(54(62)70-53-43)71(63,64)31-12-10-9-11-13-31)66-38(56)16-17-39(57)68-37-19-21-49(6)35(48(37,4)5)18-22-51(8)36(49)15-14-32-33-28-47(2,3)23-25-52(33,26-24-50(32,51)7)46(61)69-45-42(60)41(59)40(58)34(29-55)67-45/h9-14,30,33-37,40-42,45,55,58-60H,15-29H2,1-8H3/t30?,33-,34+,35-,36+,37-,40-,41-,42+,45-,49-,50+,51+,52-/m0/s1. The molecule has 6 aliphatic rings. The van der Waals surface area contributed by atoms with Gasteiger partial charge in [-0.1, -0.05) is 78.3 Å². The average molecular weight is 1020 g/mol. The molecule has 4 saturated carbocycles. The van der Waals surface area contributed by atoms with Gasteiger partial charge in [0.2, 0.25) is 6.29 Å². The largest absolute Gasteiger partial charge is 0.463 e. The van der Waals surface area contributed by atoms with Crippen LogP contribution in [-0.2, 0) is 43.2 Å². The molecule has 71 heavy (non-hydrogen) atoms. The van der Waals surface area contributed by atoms with Crippen molar-refractivity contribution in [3.63, 3.8) is 0 Å². The van der Waals surface area contributed by atoms with E-state index in [4.69, 9.17) is 23.7 Å². The second kappa shape index (κ2) is 19.3. The van der Waals surface area contributed by atoms with Crippen molar-refractivity contribution in [1.82, 2.24) is 5.16 Å². The van der Waals surface area contributed by atoms with Crippen LogP contribution in [0.4, 0.5) is 0 Å². The van der Waals surface area contributed by atoms with Crippen LogP contribution in [0.3, 0.4) is 0 Å². The topological polar surface area (TPSA) is 265 Å². The lowest BCUT2D eigenvalue weighted by molar-refractivity contribution is -0.832.